The first-order valence-corrected chi connectivity index (χ1v) is 9.50. The molecule has 136 valence electrons. The van der Waals surface area contributed by atoms with E-state index in [1.807, 2.05) is 18.2 Å². The van der Waals surface area contributed by atoms with E-state index < -0.39 is 0 Å². The van der Waals surface area contributed by atoms with Crippen molar-refractivity contribution < 1.29 is 9.90 Å². The number of nitrogens with one attached hydrogen (secondary N) is 1. The molecule has 2 N–H and O–H groups in total. The van der Waals surface area contributed by atoms with E-state index in [1.54, 1.807) is 0 Å². The van der Waals surface area contributed by atoms with Gasteiger partial charge < -0.3 is 10.4 Å². The highest BCUT2D eigenvalue weighted by molar-refractivity contribution is 5.76. The highest BCUT2D eigenvalue weighted by atomic mass is 16.3. The first-order chi connectivity index (χ1) is 12.7. The summed E-state index contributed by atoms with van der Waals surface area (Å²) in [6.45, 7) is 2.64. The third-order valence-corrected chi connectivity index (χ3v) is 5.66. The maximum absolute atomic E-state index is 12.6. The lowest BCUT2D eigenvalue weighted by Crippen LogP contribution is -2.42. The summed E-state index contributed by atoms with van der Waals surface area (Å²) < 4.78 is 0. The van der Waals surface area contributed by atoms with Crippen molar-refractivity contribution in [3.8, 4) is 0 Å². The zero-order valence-corrected chi connectivity index (χ0v) is 15.0. The number of rotatable bonds is 6. The van der Waals surface area contributed by atoms with Crippen molar-refractivity contribution >= 4 is 5.91 Å². The molecule has 0 aromatic heterocycles. The number of nitrogens with zero attached hydrogens (tertiary/aromatic N) is 1. The van der Waals surface area contributed by atoms with Crippen LogP contribution in [0.25, 0.3) is 0 Å². The SMILES string of the molecule is O=C(CCN1Cc2ccccc2C1)N[C@@H](c1ccccc1)C1CC(O)C1. The molecule has 1 aliphatic carbocycles. The summed E-state index contributed by atoms with van der Waals surface area (Å²) in [6.07, 6.45) is 1.82. The highest BCUT2D eigenvalue weighted by Gasteiger charge is 2.35. The largest absolute Gasteiger partial charge is 0.393 e. The number of aliphatic hydroxyl groups excluding tert-OH is 1. The van der Waals surface area contributed by atoms with Crippen molar-refractivity contribution in [1.82, 2.24) is 10.2 Å². The van der Waals surface area contributed by atoms with Gasteiger partial charge in [-0.1, -0.05) is 54.6 Å². The van der Waals surface area contributed by atoms with Gasteiger partial charge in [-0.3, -0.25) is 9.69 Å². The summed E-state index contributed by atoms with van der Waals surface area (Å²) in [6, 6.07) is 18.6. The topological polar surface area (TPSA) is 52.6 Å². The predicted molar refractivity (Wildman–Crippen MR) is 101 cm³/mol. The Morgan fingerprint density at radius 1 is 1.04 bits per heavy atom. The first kappa shape index (κ1) is 17.3. The maximum Gasteiger partial charge on any atom is 0.221 e. The van der Waals surface area contributed by atoms with Gasteiger partial charge in [-0.25, -0.2) is 0 Å². The average molecular weight is 350 g/mol. The van der Waals surface area contributed by atoms with E-state index in [0.29, 0.717) is 12.3 Å². The molecule has 2 aromatic carbocycles. The second-order valence-corrected chi connectivity index (χ2v) is 7.57. The molecule has 4 nitrogen and oxygen atoms in total. The fourth-order valence-electron chi connectivity index (χ4n) is 4.10. The van der Waals surface area contributed by atoms with Crippen molar-refractivity contribution in [3.63, 3.8) is 0 Å². The molecular weight excluding hydrogens is 324 g/mol. The van der Waals surface area contributed by atoms with Crippen molar-refractivity contribution in [3.05, 3.63) is 71.3 Å². The van der Waals surface area contributed by atoms with Crippen molar-refractivity contribution in [2.45, 2.75) is 44.5 Å². The Kier molecular flexibility index (Phi) is 5.05. The molecule has 1 atom stereocenters. The molecule has 0 spiro atoms. The van der Waals surface area contributed by atoms with E-state index in [-0.39, 0.29) is 18.1 Å². The molecule has 1 saturated carbocycles. The normalized spacial score (nSPS) is 23.1. The number of hydrogen-bond donors (Lipinski definition) is 2. The summed E-state index contributed by atoms with van der Waals surface area (Å²) in [4.78, 5) is 14.9. The molecule has 0 unspecified atom stereocenters. The molecule has 1 heterocycles. The van der Waals surface area contributed by atoms with Crippen LogP contribution in [0.2, 0.25) is 0 Å². The highest BCUT2D eigenvalue weighted by Crippen LogP contribution is 2.38. The Balaban J connectivity index is 1.32. The van der Waals surface area contributed by atoms with Gasteiger partial charge in [0.2, 0.25) is 5.91 Å². The van der Waals surface area contributed by atoms with Crippen LogP contribution in [0.15, 0.2) is 54.6 Å². The van der Waals surface area contributed by atoms with E-state index in [9.17, 15) is 9.90 Å². The molecule has 1 amide bonds. The van der Waals surface area contributed by atoms with Crippen molar-refractivity contribution in [2.24, 2.45) is 5.92 Å². The Hall–Kier alpha value is -2.17. The van der Waals surface area contributed by atoms with Crippen LogP contribution in [0.3, 0.4) is 0 Å². The van der Waals surface area contributed by atoms with Crippen LogP contribution in [0, 0.1) is 5.92 Å². The minimum Gasteiger partial charge on any atom is -0.393 e. The van der Waals surface area contributed by atoms with Crippen LogP contribution in [-0.4, -0.2) is 28.6 Å². The van der Waals surface area contributed by atoms with Crippen LogP contribution in [0.5, 0.6) is 0 Å². The summed E-state index contributed by atoms with van der Waals surface area (Å²) in [5.74, 6) is 0.420. The first-order valence-electron chi connectivity index (χ1n) is 9.50. The fraction of sp³-hybridized carbons (Fsp3) is 0.409. The lowest BCUT2D eigenvalue weighted by Gasteiger charge is -2.38. The van der Waals surface area contributed by atoms with Crippen LogP contribution in [0.1, 0.15) is 42.0 Å². The predicted octanol–water partition coefficient (Wildman–Crippen LogP) is 3.02. The molecule has 4 heteroatoms. The van der Waals surface area contributed by atoms with Crippen molar-refractivity contribution in [1.29, 1.82) is 0 Å². The van der Waals surface area contributed by atoms with Gasteiger partial charge in [0.15, 0.2) is 0 Å². The van der Waals surface area contributed by atoms with E-state index in [4.69, 9.17) is 0 Å². The number of benzene rings is 2. The van der Waals surface area contributed by atoms with E-state index in [2.05, 4.69) is 46.6 Å². The standard InChI is InChI=1S/C22H26N2O2/c25-20-12-19(13-20)22(16-6-2-1-3-7-16)23-21(26)10-11-24-14-17-8-4-5-9-18(17)15-24/h1-9,19-20,22,25H,10-15H2,(H,23,26)/t19?,20?,22-/m0/s1. The molecule has 2 aromatic rings. The summed E-state index contributed by atoms with van der Waals surface area (Å²) >= 11 is 0. The quantitative estimate of drug-likeness (QED) is 0.842. The molecule has 1 fully saturated rings. The Morgan fingerprint density at radius 3 is 2.27 bits per heavy atom. The lowest BCUT2D eigenvalue weighted by atomic mass is 9.75. The smallest absolute Gasteiger partial charge is 0.221 e. The number of hydrogen-bond acceptors (Lipinski definition) is 3. The molecule has 26 heavy (non-hydrogen) atoms. The monoisotopic (exact) mass is 350 g/mol. The number of carbonyl (C=O) groups is 1. The van der Waals surface area contributed by atoms with Crippen LogP contribution < -0.4 is 5.32 Å². The number of carbonyl (C=O) groups excluding carboxylic acids is 1. The van der Waals surface area contributed by atoms with Gasteiger partial charge in [0.1, 0.15) is 0 Å². The second kappa shape index (κ2) is 7.60. The molecular formula is C22H26N2O2. The Morgan fingerprint density at radius 2 is 1.65 bits per heavy atom. The Labute approximate surface area is 154 Å². The maximum atomic E-state index is 12.6. The Bertz CT molecular complexity index is 731. The summed E-state index contributed by atoms with van der Waals surface area (Å²) in [7, 11) is 0. The van der Waals surface area contributed by atoms with Crippen LogP contribution in [-0.2, 0) is 17.9 Å². The summed E-state index contributed by atoms with van der Waals surface area (Å²) in [5.41, 5.74) is 3.88. The molecule has 0 bridgehead atoms. The van der Waals surface area contributed by atoms with Gasteiger partial charge in [0, 0.05) is 26.1 Å². The zero-order valence-electron chi connectivity index (χ0n) is 15.0. The third kappa shape index (κ3) is 3.81. The minimum atomic E-state index is -0.216. The van der Waals surface area contributed by atoms with Crippen molar-refractivity contribution in [2.75, 3.05) is 6.54 Å². The van der Waals surface area contributed by atoms with E-state index >= 15 is 0 Å². The number of aliphatic hydroxyl groups is 1. The van der Waals surface area contributed by atoms with Gasteiger partial charge in [0.25, 0.3) is 0 Å². The van der Waals surface area contributed by atoms with Gasteiger partial charge in [-0.15, -0.1) is 0 Å². The molecule has 1 aliphatic heterocycles. The van der Waals surface area contributed by atoms with Gasteiger partial charge in [-0.05, 0) is 35.4 Å². The molecule has 2 aliphatic rings. The van der Waals surface area contributed by atoms with Gasteiger partial charge >= 0.3 is 0 Å². The average Bonchev–Trinajstić information content (AvgIpc) is 3.06. The second-order valence-electron chi connectivity index (χ2n) is 7.57. The van der Waals surface area contributed by atoms with Crippen LogP contribution in [0.4, 0.5) is 0 Å². The molecule has 0 saturated heterocycles. The summed E-state index contributed by atoms with van der Waals surface area (Å²) in [5, 5.41) is 12.9. The molecule has 4 rings (SSSR count). The number of amides is 1. The minimum absolute atomic E-state index is 0.00266. The van der Waals surface area contributed by atoms with Gasteiger partial charge in [0.05, 0.1) is 12.1 Å². The fourth-order valence-corrected chi connectivity index (χ4v) is 4.10. The molecule has 0 radical (unpaired) electrons. The lowest BCUT2D eigenvalue weighted by molar-refractivity contribution is -0.123. The van der Waals surface area contributed by atoms with Crippen LogP contribution >= 0.6 is 0 Å². The third-order valence-electron chi connectivity index (χ3n) is 5.66. The number of fused-ring (bicyclic) bond motifs is 1. The van der Waals surface area contributed by atoms with Gasteiger partial charge in [-0.2, -0.15) is 0 Å². The van der Waals surface area contributed by atoms with E-state index in [1.165, 1.54) is 11.1 Å². The zero-order chi connectivity index (χ0) is 17.9. The van der Waals surface area contributed by atoms with E-state index in [0.717, 1.165) is 38.0 Å².